The minimum Gasteiger partial charge on any atom is -0.321 e. The van der Waals surface area contributed by atoms with Gasteiger partial charge in [0.1, 0.15) is 16.7 Å². The fourth-order valence-electron chi connectivity index (χ4n) is 3.60. The quantitative estimate of drug-likeness (QED) is 0.321. The fourth-order valence-corrected chi connectivity index (χ4v) is 5.28. The van der Waals surface area contributed by atoms with Gasteiger partial charge in [-0.15, -0.1) is 0 Å². The van der Waals surface area contributed by atoms with Gasteiger partial charge in [-0.25, -0.2) is 0 Å². The van der Waals surface area contributed by atoms with Gasteiger partial charge in [-0.1, -0.05) is 71.4 Å². The maximum absolute atomic E-state index is 13.5. The number of thioether (sulfide) groups is 1. The summed E-state index contributed by atoms with van der Waals surface area (Å²) in [6.45, 7) is 1.86. The second-order valence-corrected chi connectivity index (χ2v) is 9.65. The molecule has 1 heterocycles. The summed E-state index contributed by atoms with van der Waals surface area (Å²) < 4.78 is 0. The van der Waals surface area contributed by atoms with Gasteiger partial charge in [0, 0.05) is 21.4 Å². The second-order valence-electron chi connectivity index (χ2n) is 7.62. The van der Waals surface area contributed by atoms with Crippen molar-refractivity contribution in [3.05, 3.63) is 105 Å². The van der Waals surface area contributed by atoms with Gasteiger partial charge in [-0.3, -0.25) is 14.5 Å². The van der Waals surface area contributed by atoms with E-state index in [0.717, 1.165) is 11.1 Å². The van der Waals surface area contributed by atoms with Crippen LogP contribution in [-0.4, -0.2) is 17.1 Å². The molecule has 4 rings (SSSR count). The van der Waals surface area contributed by atoms with Crippen molar-refractivity contribution in [2.45, 2.75) is 18.6 Å². The van der Waals surface area contributed by atoms with Gasteiger partial charge in [-0.2, -0.15) is 5.26 Å². The monoisotopic (exact) mass is 507 g/mol. The largest absolute Gasteiger partial charge is 0.321 e. The minimum absolute atomic E-state index is 0.134. The zero-order chi connectivity index (χ0) is 24.2. The van der Waals surface area contributed by atoms with Crippen molar-refractivity contribution in [1.29, 1.82) is 5.26 Å². The lowest BCUT2D eigenvalue weighted by molar-refractivity contribution is -0.117. The highest BCUT2D eigenvalue weighted by Gasteiger charge is 2.41. The van der Waals surface area contributed by atoms with Crippen LogP contribution in [0.1, 0.15) is 11.1 Å². The number of hydrogen-bond donors (Lipinski definition) is 1. The highest BCUT2D eigenvalue weighted by atomic mass is 35.5. The first-order chi connectivity index (χ1) is 16.4. The van der Waals surface area contributed by atoms with Crippen molar-refractivity contribution in [3.63, 3.8) is 0 Å². The normalized spacial score (nSPS) is 16.8. The first kappa shape index (κ1) is 23.9. The lowest BCUT2D eigenvalue weighted by Crippen LogP contribution is -2.31. The SMILES string of the molecule is Cc1ccccc1NC(=O)/C(C#N)=C1\SC(Cc2cc(Cl)ccc2Cl)C(=O)N1c1ccccc1. The summed E-state index contributed by atoms with van der Waals surface area (Å²) in [5.41, 5.74) is 2.62. The van der Waals surface area contributed by atoms with Crippen LogP contribution in [-0.2, 0) is 16.0 Å². The molecule has 1 aliphatic rings. The molecular weight excluding hydrogens is 489 g/mol. The zero-order valence-corrected chi connectivity index (χ0v) is 20.4. The number of hydrogen-bond acceptors (Lipinski definition) is 4. The number of amides is 2. The van der Waals surface area contributed by atoms with Gasteiger partial charge in [0.25, 0.3) is 5.91 Å². The molecule has 1 N–H and O–H groups in total. The van der Waals surface area contributed by atoms with Crippen molar-refractivity contribution in [2.24, 2.45) is 0 Å². The van der Waals surface area contributed by atoms with Gasteiger partial charge in [0.05, 0.1) is 5.25 Å². The standard InChI is InChI=1S/C26H19Cl2N3O2S/c1-16-7-5-6-10-22(16)30-24(32)20(15-29)26-31(19-8-3-2-4-9-19)25(33)23(34-26)14-17-13-18(27)11-12-21(17)28/h2-13,23H,14H2,1H3,(H,30,32)/b26-20-. The molecule has 0 bridgehead atoms. The molecule has 34 heavy (non-hydrogen) atoms. The number of aryl methyl sites for hydroxylation is 1. The van der Waals surface area contributed by atoms with E-state index in [9.17, 15) is 14.9 Å². The topological polar surface area (TPSA) is 73.2 Å². The molecule has 0 aliphatic carbocycles. The van der Waals surface area contributed by atoms with Gasteiger partial charge in [0.2, 0.25) is 5.91 Å². The summed E-state index contributed by atoms with van der Waals surface area (Å²) in [6.07, 6.45) is 0.299. The molecule has 0 aromatic heterocycles. The fraction of sp³-hybridized carbons (Fsp3) is 0.115. The van der Waals surface area contributed by atoms with Gasteiger partial charge in [0.15, 0.2) is 0 Å². The van der Waals surface area contributed by atoms with Gasteiger partial charge < -0.3 is 5.32 Å². The molecule has 0 saturated carbocycles. The Labute approximate surface area is 212 Å². The number of rotatable bonds is 5. The van der Waals surface area contributed by atoms with E-state index in [1.165, 1.54) is 16.7 Å². The smallest absolute Gasteiger partial charge is 0.269 e. The zero-order valence-electron chi connectivity index (χ0n) is 18.1. The molecule has 1 aliphatic heterocycles. The molecule has 0 radical (unpaired) electrons. The van der Waals surface area contributed by atoms with E-state index >= 15 is 0 Å². The molecule has 1 saturated heterocycles. The number of benzene rings is 3. The van der Waals surface area contributed by atoms with E-state index in [-0.39, 0.29) is 16.5 Å². The van der Waals surface area contributed by atoms with E-state index in [0.29, 0.717) is 27.8 Å². The van der Waals surface area contributed by atoms with Gasteiger partial charge >= 0.3 is 0 Å². The molecule has 1 fully saturated rings. The molecule has 5 nitrogen and oxygen atoms in total. The van der Waals surface area contributed by atoms with Crippen molar-refractivity contribution in [1.82, 2.24) is 0 Å². The highest BCUT2D eigenvalue weighted by molar-refractivity contribution is 8.05. The van der Waals surface area contributed by atoms with Crippen LogP contribution in [0, 0.1) is 18.3 Å². The van der Waals surface area contributed by atoms with E-state index in [4.69, 9.17) is 23.2 Å². The molecule has 1 atom stereocenters. The van der Waals surface area contributed by atoms with Crippen molar-refractivity contribution in [3.8, 4) is 6.07 Å². The Morgan fingerprint density at radius 1 is 1.09 bits per heavy atom. The maximum atomic E-state index is 13.5. The van der Waals surface area contributed by atoms with E-state index < -0.39 is 11.2 Å². The number of halogens is 2. The van der Waals surface area contributed by atoms with Crippen LogP contribution in [0.5, 0.6) is 0 Å². The third-order valence-electron chi connectivity index (χ3n) is 5.33. The van der Waals surface area contributed by atoms with Crippen LogP contribution >= 0.6 is 35.0 Å². The van der Waals surface area contributed by atoms with E-state index in [2.05, 4.69) is 5.32 Å². The van der Waals surface area contributed by atoms with Crippen LogP contribution in [0.3, 0.4) is 0 Å². The van der Waals surface area contributed by atoms with Gasteiger partial charge in [-0.05, 0) is 60.9 Å². The molecule has 170 valence electrons. The number of carbonyl (C=O) groups is 2. The lowest BCUT2D eigenvalue weighted by atomic mass is 10.1. The number of nitriles is 1. The number of para-hydroxylation sites is 2. The van der Waals surface area contributed by atoms with Crippen LogP contribution in [0.2, 0.25) is 10.0 Å². The van der Waals surface area contributed by atoms with Crippen LogP contribution in [0.4, 0.5) is 11.4 Å². The summed E-state index contributed by atoms with van der Waals surface area (Å²) in [5, 5.41) is 13.5. The Morgan fingerprint density at radius 3 is 2.50 bits per heavy atom. The first-order valence-corrected chi connectivity index (χ1v) is 12.0. The predicted molar refractivity (Wildman–Crippen MR) is 138 cm³/mol. The van der Waals surface area contributed by atoms with Crippen LogP contribution in [0.15, 0.2) is 83.4 Å². The molecule has 3 aromatic rings. The highest BCUT2D eigenvalue weighted by Crippen LogP contribution is 2.42. The first-order valence-electron chi connectivity index (χ1n) is 10.4. The third kappa shape index (κ3) is 4.97. The third-order valence-corrected chi connectivity index (χ3v) is 7.19. The van der Waals surface area contributed by atoms with Crippen molar-refractivity contribution >= 4 is 58.2 Å². The van der Waals surface area contributed by atoms with E-state index in [1.54, 1.807) is 54.6 Å². The van der Waals surface area contributed by atoms with Crippen molar-refractivity contribution < 1.29 is 9.59 Å². The maximum Gasteiger partial charge on any atom is 0.269 e. The number of anilines is 2. The predicted octanol–water partition coefficient (Wildman–Crippen LogP) is 6.37. The molecule has 0 spiro atoms. The second kappa shape index (κ2) is 10.4. The number of carbonyl (C=O) groups excluding carboxylic acids is 2. The summed E-state index contributed by atoms with van der Waals surface area (Å²) in [6, 6.07) is 23.4. The Bertz CT molecular complexity index is 1340. The minimum atomic E-state index is -0.583. The summed E-state index contributed by atoms with van der Waals surface area (Å²) >= 11 is 13.6. The number of nitrogens with one attached hydrogen (secondary N) is 1. The van der Waals surface area contributed by atoms with Crippen LogP contribution in [0.25, 0.3) is 0 Å². The molecule has 1 unspecified atom stereocenters. The summed E-state index contributed by atoms with van der Waals surface area (Å²) in [7, 11) is 0. The molecular formula is C26H19Cl2N3O2S. The summed E-state index contributed by atoms with van der Waals surface area (Å²) in [5.74, 6) is -0.812. The lowest BCUT2D eigenvalue weighted by Gasteiger charge is -2.18. The van der Waals surface area contributed by atoms with Crippen molar-refractivity contribution in [2.75, 3.05) is 10.2 Å². The number of nitrogens with zero attached hydrogens (tertiary/aromatic N) is 2. The molecule has 3 aromatic carbocycles. The average molecular weight is 508 g/mol. The Balaban J connectivity index is 1.74. The molecule has 8 heteroatoms. The average Bonchev–Trinajstić information content (AvgIpc) is 3.14. The Hall–Kier alpha value is -3.24. The molecule has 2 amide bonds. The Kier molecular flexibility index (Phi) is 7.28. The summed E-state index contributed by atoms with van der Waals surface area (Å²) in [4.78, 5) is 28.1. The Morgan fingerprint density at radius 2 is 1.79 bits per heavy atom. The van der Waals surface area contributed by atoms with Crippen LogP contribution < -0.4 is 10.2 Å². The van der Waals surface area contributed by atoms with E-state index in [1.807, 2.05) is 31.2 Å².